The van der Waals surface area contributed by atoms with Gasteiger partial charge in [0.05, 0.1) is 7.11 Å². The van der Waals surface area contributed by atoms with E-state index < -0.39 is 18.3 Å². The predicted octanol–water partition coefficient (Wildman–Crippen LogP) is 3.49. The van der Waals surface area contributed by atoms with Crippen molar-refractivity contribution in [3.05, 3.63) is 23.8 Å². The van der Waals surface area contributed by atoms with Crippen molar-refractivity contribution in [1.29, 1.82) is 0 Å². The molecule has 1 amide bonds. The van der Waals surface area contributed by atoms with Crippen molar-refractivity contribution in [2.24, 2.45) is 4.99 Å². The van der Waals surface area contributed by atoms with E-state index in [0.717, 1.165) is 5.56 Å². The number of carbonyl (C=O) groups excluding carboxylic acids is 1. The molecule has 0 atom stereocenters. The second-order valence-corrected chi connectivity index (χ2v) is 7.00. The lowest BCUT2D eigenvalue weighted by molar-refractivity contribution is -0.0512. The van der Waals surface area contributed by atoms with E-state index in [9.17, 15) is 13.6 Å². The molecule has 0 saturated carbocycles. The van der Waals surface area contributed by atoms with Crippen LogP contribution in [0.1, 0.15) is 32.8 Å². The Morgan fingerprint density at radius 2 is 1.80 bits per heavy atom. The van der Waals surface area contributed by atoms with E-state index in [1.807, 2.05) is 0 Å². The zero-order chi connectivity index (χ0) is 21.9. The Hall–Kier alpha value is -2.05. The molecule has 0 aliphatic rings. The van der Waals surface area contributed by atoms with E-state index in [1.165, 1.54) is 13.2 Å². The van der Waals surface area contributed by atoms with Gasteiger partial charge in [0.1, 0.15) is 5.60 Å². The number of aliphatic imine (C=N–C) groups is 1. The van der Waals surface area contributed by atoms with Gasteiger partial charge in [0.25, 0.3) is 0 Å². The maximum Gasteiger partial charge on any atom is 0.407 e. The minimum Gasteiger partial charge on any atom is -0.493 e. The Bertz CT molecular complexity index is 685. The highest BCUT2D eigenvalue weighted by Gasteiger charge is 2.15. The molecule has 0 heterocycles. The highest BCUT2D eigenvalue weighted by Crippen LogP contribution is 2.29. The molecule has 172 valence electrons. The molecule has 1 aromatic rings. The Morgan fingerprint density at radius 1 is 1.13 bits per heavy atom. The zero-order valence-electron chi connectivity index (χ0n) is 17.9. The number of amides is 1. The first-order valence-corrected chi connectivity index (χ1v) is 9.17. The summed E-state index contributed by atoms with van der Waals surface area (Å²) < 4.78 is 39.7. The third-order valence-electron chi connectivity index (χ3n) is 3.44. The van der Waals surface area contributed by atoms with Crippen molar-refractivity contribution in [3.63, 3.8) is 0 Å². The van der Waals surface area contributed by atoms with Crippen LogP contribution in [-0.2, 0) is 11.3 Å². The standard InChI is InChI=1S/C19H30F2N4O4.HI/c1-19(2,3)29-18(26)24-10-6-9-23-17(22-4)25-12-13-7-8-14(27-5)15(11-13)28-16(20)21;/h7-8,11,16H,6,9-10,12H2,1-5H3,(H,24,26)(H2,22,23,25);1H. The fourth-order valence-corrected chi connectivity index (χ4v) is 2.23. The first kappa shape index (κ1) is 27.9. The molecule has 1 rings (SSSR count). The molecular weight excluding hydrogens is 513 g/mol. The molecule has 0 aromatic heterocycles. The number of methoxy groups -OCH3 is 1. The van der Waals surface area contributed by atoms with Gasteiger partial charge in [0.2, 0.25) is 0 Å². The normalized spacial score (nSPS) is 11.4. The molecule has 0 aliphatic heterocycles. The van der Waals surface area contributed by atoms with E-state index in [1.54, 1.807) is 40.0 Å². The molecule has 0 bridgehead atoms. The lowest BCUT2D eigenvalue weighted by Crippen LogP contribution is -2.39. The number of ether oxygens (including phenoxy) is 3. The van der Waals surface area contributed by atoms with Crippen molar-refractivity contribution >= 4 is 36.0 Å². The zero-order valence-corrected chi connectivity index (χ0v) is 20.2. The fraction of sp³-hybridized carbons (Fsp3) is 0.579. The number of rotatable bonds is 9. The highest BCUT2D eigenvalue weighted by atomic mass is 127. The topological polar surface area (TPSA) is 93.2 Å². The Morgan fingerprint density at radius 3 is 2.37 bits per heavy atom. The Kier molecular flexibility index (Phi) is 13.1. The second kappa shape index (κ2) is 14.0. The van der Waals surface area contributed by atoms with E-state index in [-0.39, 0.29) is 35.5 Å². The smallest absolute Gasteiger partial charge is 0.407 e. The summed E-state index contributed by atoms with van der Waals surface area (Å²) in [7, 11) is 3.00. The number of benzene rings is 1. The number of halogens is 3. The van der Waals surface area contributed by atoms with Crippen molar-refractivity contribution in [3.8, 4) is 11.5 Å². The van der Waals surface area contributed by atoms with Crippen LogP contribution in [0.3, 0.4) is 0 Å². The first-order valence-electron chi connectivity index (χ1n) is 9.17. The van der Waals surface area contributed by atoms with Gasteiger partial charge in [-0.05, 0) is 44.9 Å². The summed E-state index contributed by atoms with van der Waals surface area (Å²) in [5.41, 5.74) is 0.187. The molecule has 0 unspecified atom stereocenters. The highest BCUT2D eigenvalue weighted by molar-refractivity contribution is 14.0. The molecule has 1 aromatic carbocycles. The van der Waals surface area contributed by atoms with Gasteiger partial charge in [0.15, 0.2) is 17.5 Å². The molecule has 0 aliphatic carbocycles. The quantitative estimate of drug-likeness (QED) is 0.191. The SMILES string of the molecule is CN=C(NCCCNC(=O)OC(C)(C)C)NCc1ccc(OC)c(OC(F)F)c1.I. The van der Waals surface area contributed by atoms with Gasteiger partial charge in [0, 0.05) is 26.7 Å². The van der Waals surface area contributed by atoms with Crippen molar-refractivity contribution in [2.75, 3.05) is 27.2 Å². The molecule has 30 heavy (non-hydrogen) atoms. The third-order valence-corrected chi connectivity index (χ3v) is 3.44. The van der Waals surface area contributed by atoms with Crippen LogP contribution in [-0.4, -0.2) is 51.5 Å². The summed E-state index contributed by atoms with van der Waals surface area (Å²) in [5, 5.41) is 8.85. The van der Waals surface area contributed by atoms with Crippen LogP contribution in [0, 0.1) is 0 Å². The van der Waals surface area contributed by atoms with Gasteiger partial charge in [-0.2, -0.15) is 8.78 Å². The Labute approximate surface area is 193 Å². The van der Waals surface area contributed by atoms with Crippen LogP contribution in [0.2, 0.25) is 0 Å². The van der Waals surface area contributed by atoms with Gasteiger partial charge in [-0.3, -0.25) is 4.99 Å². The van der Waals surface area contributed by atoms with Crippen LogP contribution >= 0.6 is 24.0 Å². The first-order chi connectivity index (χ1) is 13.6. The number of guanidine groups is 1. The summed E-state index contributed by atoms with van der Waals surface area (Å²) >= 11 is 0. The minimum atomic E-state index is -2.93. The Balaban J connectivity index is 0.00000841. The van der Waals surface area contributed by atoms with Gasteiger partial charge in [-0.1, -0.05) is 6.07 Å². The molecule has 0 radical (unpaired) electrons. The van der Waals surface area contributed by atoms with Crippen LogP contribution in [0.15, 0.2) is 23.2 Å². The van der Waals surface area contributed by atoms with E-state index in [0.29, 0.717) is 32.0 Å². The van der Waals surface area contributed by atoms with Gasteiger partial charge < -0.3 is 30.2 Å². The molecule has 3 N–H and O–H groups in total. The van der Waals surface area contributed by atoms with Gasteiger partial charge in [-0.25, -0.2) is 4.79 Å². The van der Waals surface area contributed by atoms with Crippen LogP contribution in [0.5, 0.6) is 11.5 Å². The van der Waals surface area contributed by atoms with Gasteiger partial charge >= 0.3 is 12.7 Å². The average Bonchev–Trinajstić information content (AvgIpc) is 2.62. The van der Waals surface area contributed by atoms with E-state index in [4.69, 9.17) is 9.47 Å². The van der Waals surface area contributed by atoms with Crippen LogP contribution in [0.4, 0.5) is 13.6 Å². The number of nitrogens with zero attached hydrogens (tertiary/aromatic N) is 1. The molecule has 0 spiro atoms. The number of alkyl halides is 2. The number of alkyl carbamates (subject to hydrolysis) is 1. The lowest BCUT2D eigenvalue weighted by Gasteiger charge is -2.19. The molecule has 0 fully saturated rings. The molecule has 0 saturated heterocycles. The van der Waals surface area contributed by atoms with E-state index >= 15 is 0 Å². The summed E-state index contributed by atoms with van der Waals surface area (Å²) in [4.78, 5) is 15.7. The summed E-state index contributed by atoms with van der Waals surface area (Å²) in [5.74, 6) is 0.737. The third kappa shape index (κ3) is 11.8. The molecule has 8 nitrogen and oxygen atoms in total. The van der Waals surface area contributed by atoms with Crippen molar-refractivity contribution in [1.82, 2.24) is 16.0 Å². The van der Waals surface area contributed by atoms with Crippen LogP contribution < -0.4 is 25.4 Å². The number of hydrogen-bond donors (Lipinski definition) is 3. The van der Waals surface area contributed by atoms with Crippen LogP contribution in [0.25, 0.3) is 0 Å². The largest absolute Gasteiger partial charge is 0.493 e. The number of carbonyl (C=O) groups is 1. The lowest BCUT2D eigenvalue weighted by atomic mass is 10.2. The minimum absolute atomic E-state index is 0. The number of nitrogens with one attached hydrogen (secondary N) is 3. The summed E-state index contributed by atoms with van der Waals surface area (Å²) in [6.45, 7) is 3.83. The van der Waals surface area contributed by atoms with Crippen molar-refractivity contribution in [2.45, 2.75) is 45.9 Å². The summed E-state index contributed by atoms with van der Waals surface area (Å²) in [6.07, 6.45) is 0.204. The number of hydrogen-bond acceptors (Lipinski definition) is 5. The van der Waals surface area contributed by atoms with E-state index in [2.05, 4.69) is 25.7 Å². The molecule has 11 heteroatoms. The van der Waals surface area contributed by atoms with Gasteiger partial charge in [-0.15, -0.1) is 24.0 Å². The molecular formula is C19H31F2IN4O4. The second-order valence-electron chi connectivity index (χ2n) is 7.00. The monoisotopic (exact) mass is 544 g/mol. The maximum atomic E-state index is 12.5. The maximum absolute atomic E-state index is 12.5. The summed E-state index contributed by atoms with van der Waals surface area (Å²) in [6, 6.07) is 4.78. The predicted molar refractivity (Wildman–Crippen MR) is 122 cm³/mol. The van der Waals surface area contributed by atoms with Crippen molar-refractivity contribution < 1.29 is 27.8 Å². The fourth-order valence-electron chi connectivity index (χ4n) is 2.23. The average molecular weight is 544 g/mol.